The van der Waals surface area contributed by atoms with Crippen LogP contribution in [0.1, 0.15) is 22.4 Å². The number of rotatable bonds is 2. The first-order valence-electron chi connectivity index (χ1n) is 8.02. The molecule has 0 aliphatic heterocycles. The number of benzene rings is 2. The molecule has 11 heteroatoms. The van der Waals surface area contributed by atoms with Crippen molar-refractivity contribution in [2.75, 3.05) is 0 Å². The van der Waals surface area contributed by atoms with Crippen molar-refractivity contribution in [3.8, 4) is 5.69 Å². The summed E-state index contributed by atoms with van der Waals surface area (Å²) < 4.78 is 79.4. The van der Waals surface area contributed by atoms with Gasteiger partial charge in [0.25, 0.3) is 0 Å². The number of fused-ring (bicyclic) bond motifs is 3. The van der Waals surface area contributed by atoms with Gasteiger partial charge in [0.05, 0.1) is 11.1 Å². The molecule has 2 N–H and O–H groups in total. The highest BCUT2D eigenvalue weighted by Gasteiger charge is 2.36. The van der Waals surface area contributed by atoms with Crippen LogP contribution in [-0.4, -0.2) is 19.8 Å². The smallest absolute Gasteiger partial charge is 0.364 e. The standard InChI is InChI=1S/C18H10F6N2O2S/c19-17(20,21)9-2-4-10(5-3-9)26-12-6-1-8(15(27)28)7-11(12)13-14(26)29-16(25-13)18(22,23)24/h1-7,15,27-28H. The third-order valence-electron chi connectivity index (χ3n) is 4.32. The van der Waals surface area contributed by atoms with Gasteiger partial charge in [0.15, 0.2) is 6.29 Å². The van der Waals surface area contributed by atoms with Crippen molar-refractivity contribution < 1.29 is 36.6 Å². The summed E-state index contributed by atoms with van der Waals surface area (Å²) in [6.45, 7) is 0. The monoisotopic (exact) mass is 432 g/mol. The van der Waals surface area contributed by atoms with Crippen molar-refractivity contribution in [2.45, 2.75) is 18.6 Å². The number of hydrogen-bond acceptors (Lipinski definition) is 4. The van der Waals surface area contributed by atoms with Crippen molar-refractivity contribution in [1.29, 1.82) is 0 Å². The molecular weight excluding hydrogens is 422 g/mol. The fraction of sp³-hybridized carbons (Fsp3) is 0.167. The molecule has 0 amide bonds. The van der Waals surface area contributed by atoms with Crippen LogP contribution in [0.25, 0.3) is 26.9 Å². The lowest BCUT2D eigenvalue weighted by molar-refractivity contribution is -0.138. The third-order valence-corrected chi connectivity index (χ3v) is 5.41. The van der Waals surface area contributed by atoms with Crippen LogP contribution in [0, 0.1) is 0 Å². The molecule has 0 radical (unpaired) electrons. The summed E-state index contributed by atoms with van der Waals surface area (Å²) >= 11 is 0.355. The summed E-state index contributed by atoms with van der Waals surface area (Å²) in [7, 11) is 0. The normalized spacial score (nSPS) is 13.1. The lowest BCUT2D eigenvalue weighted by Gasteiger charge is -2.10. The molecule has 0 fully saturated rings. The second-order valence-corrected chi connectivity index (χ2v) is 7.18. The predicted octanol–water partition coefficient (Wildman–Crippen LogP) is 5.26. The van der Waals surface area contributed by atoms with Crippen molar-refractivity contribution in [3.05, 3.63) is 58.6 Å². The molecule has 2 aromatic heterocycles. The van der Waals surface area contributed by atoms with Gasteiger partial charge in [-0.1, -0.05) is 17.4 Å². The highest BCUT2D eigenvalue weighted by Crippen LogP contribution is 2.41. The molecule has 29 heavy (non-hydrogen) atoms. The maximum Gasteiger partial charge on any atom is 0.443 e. The first kappa shape index (κ1) is 19.7. The Bertz CT molecular complexity index is 1210. The van der Waals surface area contributed by atoms with Gasteiger partial charge in [0.2, 0.25) is 5.01 Å². The number of nitrogens with zero attached hydrogens (tertiary/aromatic N) is 2. The van der Waals surface area contributed by atoms with Gasteiger partial charge in [-0.3, -0.25) is 4.57 Å². The Kier molecular flexibility index (Phi) is 4.37. The van der Waals surface area contributed by atoms with Crippen molar-refractivity contribution >= 4 is 32.6 Å². The Morgan fingerprint density at radius 2 is 1.55 bits per heavy atom. The molecule has 0 aliphatic carbocycles. The molecule has 0 bridgehead atoms. The Morgan fingerprint density at radius 1 is 0.897 bits per heavy atom. The van der Waals surface area contributed by atoms with Crippen LogP contribution in [0.3, 0.4) is 0 Å². The number of hydrogen-bond donors (Lipinski definition) is 2. The van der Waals surface area contributed by atoms with E-state index < -0.39 is 29.2 Å². The maximum absolute atomic E-state index is 13.2. The molecule has 0 aliphatic rings. The van der Waals surface area contributed by atoms with E-state index in [1.807, 2.05) is 0 Å². The van der Waals surface area contributed by atoms with Crippen LogP contribution in [0.15, 0.2) is 42.5 Å². The number of thiazole rings is 1. The van der Waals surface area contributed by atoms with E-state index in [1.165, 1.54) is 22.8 Å². The van der Waals surface area contributed by atoms with Crippen molar-refractivity contribution in [2.24, 2.45) is 0 Å². The molecule has 2 aromatic carbocycles. The summed E-state index contributed by atoms with van der Waals surface area (Å²) in [5.74, 6) is 0. The predicted molar refractivity (Wildman–Crippen MR) is 93.6 cm³/mol. The fourth-order valence-electron chi connectivity index (χ4n) is 3.02. The van der Waals surface area contributed by atoms with Crippen LogP contribution in [0.4, 0.5) is 26.3 Å². The Labute approximate surface area is 162 Å². The second kappa shape index (κ2) is 6.44. The lowest BCUT2D eigenvalue weighted by Crippen LogP contribution is -2.05. The van der Waals surface area contributed by atoms with E-state index in [9.17, 15) is 36.6 Å². The number of aliphatic hydroxyl groups excluding tert-OH is 1. The van der Waals surface area contributed by atoms with Crippen LogP contribution >= 0.6 is 11.3 Å². The van der Waals surface area contributed by atoms with Crippen LogP contribution in [0.5, 0.6) is 0 Å². The topological polar surface area (TPSA) is 58.3 Å². The van der Waals surface area contributed by atoms with E-state index in [-0.39, 0.29) is 27.0 Å². The summed E-state index contributed by atoms with van der Waals surface area (Å²) in [6, 6.07) is 8.09. The molecule has 0 spiro atoms. The Hall–Kier alpha value is -2.63. The largest absolute Gasteiger partial charge is 0.443 e. The first-order chi connectivity index (χ1) is 13.5. The SMILES string of the molecule is OC(O)c1ccc2c(c1)c1nc(C(F)(F)F)sc1n2-c1ccc(C(F)(F)F)cc1. The molecule has 4 nitrogen and oxygen atoms in total. The van der Waals surface area contributed by atoms with E-state index in [1.54, 1.807) is 0 Å². The van der Waals surface area contributed by atoms with Gasteiger partial charge < -0.3 is 10.2 Å². The lowest BCUT2D eigenvalue weighted by atomic mass is 10.1. The van der Waals surface area contributed by atoms with Crippen LogP contribution < -0.4 is 0 Å². The van der Waals surface area contributed by atoms with Gasteiger partial charge in [-0.05, 0) is 36.4 Å². The van der Waals surface area contributed by atoms with E-state index in [2.05, 4.69) is 4.98 Å². The highest BCUT2D eigenvalue weighted by molar-refractivity contribution is 7.18. The second-order valence-electron chi connectivity index (χ2n) is 6.20. The fourth-order valence-corrected chi connectivity index (χ4v) is 4.01. The quantitative estimate of drug-likeness (QED) is 0.336. The number of alkyl halides is 6. The van der Waals surface area contributed by atoms with E-state index in [4.69, 9.17) is 0 Å². The average molecular weight is 432 g/mol. The van der Waals surface area contributed by atoms with Gasteiger partial charge in [-0.15, -0.1) is 0 Å². The maximum atomic E-state index is 13.2. The number of aliphatic hydroxyl groups is 2. The molecule has 0 saturated heterocycles. The van der Waals surface area contributed by atoms with Crippen LogP contribution in [0.2, 0.25) is 0 Å². The molecule has 4 aromatic rings. The van der Waals surface area contributed by atoms with E-state index in [0.29, 0.717) is 16.9 Å². The van der Waals surface area contributed by atoms with Gasteiger partial charge >= 0.3 is 12.4 Å². The average Bonchev–Trinajstić information content (AvgIpc) is 3.17. The molecule has 152 valence electrons. The zero-order chi connectivity index (χ0) is 21.1. The molecular formula is C18H10F6N2O2S. The zero-order valence-electron chi connectivity index (χ0n) is 14.1. The van der Waals surface area contributed by atoms with Gasteiger partial charge in [-0.25, -0.2) is 4.98 Å². The number of halogens is 6. The summed E-state index contributed by atoms with van der Waals surface area (Å²) in [6.07, 6.45) is -11.1. The minimum Gasteiger partial charge on any atom is -0.364 e. The summed E-state index contributed by atoms with van der Waals surface area (Å²) in [5, 5.41) is 17.8. The summed E-state index contributed by atoms with van der Waals surface area (Å²) in [4.78, 5) is 3.73. The molecule has 2 heterocycles. The minimum absolute atomic E-state index is 0.0280. The van der Waals surface area contributed by atoms with Gasteiger partial charge in [0.1, 0.15) is 10.3 Å². The van der Waals surface area contributed by atoms with Crippen molar-refractivity contribution in [3.63, 3.8) is 0 Å². The zero-order valence-corrected chi connectivity index (χ0v) is 14.9. The van der Waals surface area contributed by atoms with E-state index in [0.717, 1.165) is 24.3 Å². The molecule has 0 saturated carbocycles. The van der Waals surface area contributed by atoms with Gasteiger partial charge in [0, 0.05) is 16.6 Å². The number of aromatic nitrogens is 2. The molecule has 4 rings (SSSR count). The first-order valence-corrected chi connectivity index (χ1v) is 8.84. The molecule has 0 unspecified atom stereocenters. The highest BCUT2D eigenvalue weighted by atomic mass is 32.1. The minimum atomic E-state index is -4.70. The van der Waals surface area contributed by atoms with Gasteiger partial charge in [-0.2, -0.15) is 26.3 Å². The van der Waals surface area contributed by atoms with Crippen molar-refractivity contribution in [1.82, 2.24) is 9.55 Å². The Balaban J connectivity index is 2.01. The molecule has 0 atom stereocenters. The summed E-state index contributed by atoms with van der Waals surface area (Å²) in [5.41, 5.74) is -0.283. The van der Waals surface area contributed by atoms with Crippen LogP contribution in [-0.2, 0) is 12.4 Å². The third kappa shape index (κ3) is 3.34. The Morgan fingerprint density at radius 3 is 2.10 bits per heavy atom. The van der Waals surface area contributed by atoms with E-state index >= 15 is 0 Å².